The summed E-state index contributed by atoms with van der Waals surface area (Å²) < 4.78 is 15.1. The molecule has 1 N–H and O–H groups in total. The normalized spacial score (nSPS) is 11.2. The maximum absolute atomic E-state index is 8.56. The monoisotopic (exact) mass is 339 g/mol. The molecule has 0 aliphatic heterocycles. The second-order valence-electron chi connectivity index (χ2n) is 6.49. The third-order valence-corrected chi connectivity index (χ3v) is 4.17. The van der Waals surface area contributed by atoms with Crippen molar-refractivity contribution in [2.24, 2.45) is 5.92 Å². The first-order valence-electron chi connectivity index (χ1n) is 8.59. The lowest BCUT2D eigenvalue weighted by Crippen LogP contribution is -2.27. The first-order valence-corrected chi connectivity index (χ1v) is 8.59. The topological polar surface area (TPSA) is 52.2 Å². The average Bonchev–Trinajstić information content (AvgIpc) is 2.88. The maximum atomic E-state index is 8.56. The van der Waals surface area contributed by atoms with E-state index in [0.717, 1.165) is 29.1 Å². The molecule has 5 heteroatoms. The molecule has 0 bridgehead atoms. The molecule has 0 unspecified atom stereocenters. The molecular weight excluding hydrogens is 314 g/mol. The Bertz CT molecular complexity index is 891. The van der Waals surface area contributed by atoms with Gasteiger partial charge in [0.05, 0.1) is 24.7 Å². The summed E-state index contributed by atoms with van der Waals surface area (Å²) in [6.07, 6.45) is 0. The number of ether oxygens (including phenoxy) is 2. The molecular formula is C20H25N3O2. The summed E-state index contributed by atoms with van der Waals surface area (Å²) in [5, 5.41) is 8.56. The van der Waals surface area contributed by atoms with Crippen LogP contribution in [0.2, 0.25) is 0 Å². The quantitative estimate of drug-likeness (QED) is 0.714. The van der Waals surface area contributed by atoms with E-state index in [4.69, 9.17) is 14.9 Å². The zero-order valence-electron chi connectivity index (χ0n) is 15.0. The van der Waals surface area contributed by atoms with E-state index in [0.29, 0.717) is 24.7 Å². The van der Waals surface area contributed by atoms with Crippen LogP contribution < -0.4 is 15.1 Å². The molecule has 0 atom stereocenters. The van der Waals surface area contributed by atoms with Crippen LogP contribution in [0.25, 0.3) is 11.0 Å². The highest BCUT2D eigenvalue weighted by atomic mass is 16.5. The molecule has 3 rings (SSSR count). The van der Waals surface area contributed by atoms with Gasteiger partial charge in [-0.1, -0.05) is 26.0 Å². The van der Waals surface area contributed by atoms with Gasteiger partial charge in [-0.2, -0.15) is 0 Å². The number of methoxy groups -OCH3 is 1. The molecule has 132 valence electrons. The molecule has 0 saturated carbocycles. The number of hydrogen-bond acceptors (Lipinski definition) is 3. The van der Waals surface area contributed by atoms with Gasteiger partial charge in [0.15, 0.2) is 0 Å². The minimum atomic E-state index is 0.490. The lowest BCUT2D eigenvalue weighted by molar-refractivity contribution is 0.295. The molecule has 5 nitrogen and oxygen atoms in total. The maximum Gasteiger partial charge on any atom is 0.203 e. The Hall–Kier alpha value is -2.69. The second kappa shape index (κ2) is 7.47. The highest BCUT2D eigenvalue weighted by Crippen LogP contribution is 2.18. The van der Waals surface area contributed by atoms with Crippen LogP contribution in [0.4, 0.5) is 0 Å². The molecule has 0 aliphatic carbocycles. The van der Waals surface area contributed by atoms with Gasteiger partial charge >= 0.3 is 0 Å². The van der Waals surface area contributed by atoms with Gasteiger partial charge in [-0.15, -0.1) is 0 Å². The largest absolute Gasteiger partial charge is 0.497 e. The Morgan fingerprint density at radius 1 is 0.920 bits per heavy atom. The van der Waals surface area contributed by atoms with Crippen LogP contribution in [0.15, 0.2) is 48.5 Å². The van der Waals surface area contributed by atoms with Gasteiger partial charge < -0.3 is 18.6 Å². The highest BCUT2D eigenvalue weighted by molar-refractivity contribution is 5.75. The molecule has 0 fully saturated rings. The number of imidazole rings is 1. The molecule has 2 aromatic carbocycles. The van der Waals surface area contributed by atoms with Crippen LogP contribution in [0.5, 0.6) is 11.5 Å². The Labute approximate surface area is 147 Å². The smallest absolute Gasteiger partial charge is 0.203 e. The average molecular weight is 339 g/mol. The fourth-order valence-electron chi connectivity index (χ4n) is 3.00. The Morgan fingerprint density at radius 2 is 1.52 bits per heavy atom. The number of fused-ring (bicyclic) bond motifs is 1. The minimum Gasteiger partial charge on any atom is -0.497 e. The van der Waals surface area contributed by atoms with Gasteiger partial charge in [0.2, 0.25) is 5.62 Å². The highest BCUT2D eigenvalue weighted by Gasteiger charge is 2.11. The number of benzene rings is 2. The van der Waals surface area contributed by atoms with E-state index < -0.39 is 0 Å². The second-order valence-corrected chi connectivity index (χ2v) is 6.49. The van der Waals surface area contributed by atoms with Crippen LogP contribution in [0.3, 0.4) is 0 Å². The third kappa shape index (κ3) is 3.71. The third-order valence-electron chi connectivity index (χ3n) is 4.17. The standard InChI is InChI=1S/C20H25N3O2/c1-15(2)14-23-19-7-5-4-6-18(19)22(20(23)21)12-13-25-17-10-8-16(24-3)9-11-17/h4-11,15,21H,12-14H2,1-3H3. The fraction of sp³-hybridized carbons (Fsp3) is 0.350. The van der Waals surface area contributed by atoms with E-state index in [-0.39, 0.29) is 0 Å². The predicted octanol–water partition coefficient (Wildman–Crippen LogP) is 3.67. The number of nitrogens with zero attached hydrogens (tertiary/aromatic N) is 2. The summed E-state index contributed by atoms with van der Waals surface area (Å²) in [6.45, 7) is 6.33. The molecule has 0 radical (unpaired) electrons. The van der Waals surface area contributed by atoms with Gasteiger partial charge in [-0.25, -0.2) is 0 Å². The lowest BCUT2D eigenvalue weighted by atomic mass is 10.2. The number of para-hydroxylation sites is 2. The molecule has 0 spiro atoms. The first kappa shape index (κ1) is 17.1. The van der Waals surface area contributed by atoms with E-state index in [2.05, 4.69) is 30.5 Å². The van der Waals surface area contributed by atoms with Crippen molar-refractivity contribution in [1.29, 1.82) is 5.41 Å². The Balaban J connectivity index is 1.78. The van der Waals surface area contributed by atoms with Gasteiger partial charge in [0.25, 0.3) is 0 Å². The molecule has 0 saturated heterocycles. The summed E-state index contributed by atoms with van der Waals surface area (Å²) in [6, 6.07) is 15.7. The zero-order chi connectivity index (χ0) is 17.8. The molecule has 0 amide bonds. The van der Waals surface area contributed by atoms with Crippen LogP contribution in [0, 0.1) is 11.3 Å². The van der Waals surface area contributed by atoms with Crippen molar-refractivity contribution >= 4 is 11.0 Å². The van der Waals surface area contributed by atoms with E-state index >= 15 is 0 Å². The van der Waals surface area contributed by atoms with Crippen molar-refractivity contribution in [1.82, 2.24) is 9.13 Å². The number of hydrogen-bond donors (Lipinski definition) is 1. The van der Waals surface area contributed by atoms with Gasteiger partial charge in [-0.3, -0.25) is 5.41 Å². The van der Waals surface area contributed by atoms with Crippen LogP contribution >= 0.6 is 0 Å². The van der Waals surface area contributed by atoms with E-state index in [1.807, 2.05) is 41.0 Å². The van der Waals surface area contributed by atoms with Gasteiger partial charge in [0.1, 0.15) is 18.1 Å². The van der Waals surface area contributed by atoms with Crippen LogP contribution in [-0.2, 0) is 13.1 Å². The van der Waals surface area contributed by atoms with E-state index in [1.165, 1.54) is 0 Å². The van der Waals surface area contributed by atoms with Crippen molar-refractivity contribution in [3.8, 4) is 11.5 Å². The van der Waals surface area contributed by atoms with Crippen molar-refractivity contribution in [3.05, 3.63) is 54.1 Å². The van der Waals surface area contributed by atoms with Gasteiger partial charge in [0, 0.05) is 6.54 Å². The van der Waals surface area contributed by atoms with Gasteiger partial charge in [-0.05, 0) is 42.3 Å². The molecule has 0 aliphatic rings. The fourth-order valence-corrected chi connectivity index (χ4v) is 3.00. The molecule has 25 heavy (non-hydrogen) atoms. The molecule has 1 heterocycles. The van der Waals surface area contributed by atoms with E-state index in [9.17, 15) is 0 Å². The Morgan fingerprint density at radius 3 is 2.12 bits per heavy atom. The number of rotatable bonds is 7. The number of nitrogens with one attached hydrogen (secondary N) is 1. The number of aromatic nitrogens is 2. The zero-order valence-corrected chi connectivity index (χ0v) is 15.0. The molecule has 3 aromatic rings. The lowest BCUT2D eigenvalue weighted by Gasteiger charge is -2.09. The Kier molecular flexibility index (Phi) is 5.12. The van der Waals surface area contributed by atoms with E-state index in [1.54, 1.807) is 7.11 Å². The van der Waals surface area contributed by atoms with Crippen molar-refractivity contribution < 1.29 is 9.47 Å². The molecule has 1 aromatic heterocycles. The van der Waals surface area contributed by atoms with Crippen molar-refractivity contribution in [2.75, 3.05) is 13.7 Å². The van der Waals surface area contributed by atoms with Crippen LogP contribution in [-0.4, -0.2) is 22.9 Å². The van der Waals surface area contributed by atoms with Crippen LogP contribution in [0.1, 0.15) is 13.8 Å². The summed E-state index contributed by atoms with van der Waals surface area (Å²) in [5.74, 6) is 2.11. The predicted molar refractivity (Wildman–Crippen MR) is 99.1 cm³/mol. The summed E-state index contributed by atoms with van der Waals surface area (Å²) in [4.78, 5) is 0. The summed E-state index contributed by atoms with van der Waals surface area (Å²) >= 11 is 0. The van der Waals surface area contributed by atoms with Crippen molar-refractivity contribution in [2.45, 2.75) is 26.9 Å². The summed E-state index contributed by atoms with van der Waals surface area (Å²) in [5.41, 5.74) is 2.70. The summed E-state index contributed by atoms with van der Waals surface area (Å²) in [7, 11) is 1.65. The first-order chi connectivity index (χ1) is 12.1. The minimum absolute atomic E-state index is 0.490. The van der Waals surface area contributed by atoms with Crippen molar-refractivity contribution in [3.63, 3.8) is 0 Å². The SMILES string of the molecule is COc1ccc(OCCn2c(=N)n(CC(C)C)c3ccccc32)cc1.